The second-order valence-electron chi connectivity index (χ2n) is 5.87. The molecule has 1 aromatic heterocycles. The van der Waals surface area contributed by atoms with Crippen molar-refractivity contribution >= 4 is 16.8 Å². The van der Waals surface area contributed by atoms with Gasteiger partial charge in [0, 0.05) is 18.7 Å². The van der Waals surface area contributed by atoms with Gasteiger partial charge >= 0.3 is 5.69 Å². The van der Waals surface area contributed by atoms with E-state index in [4.69, 9.17) is 0 Å². The second kappa shape index (κ2) is 7.35. The Hall–Kier alpha value is -3.22. The van der Waals surface area contributed by atoms with Crippen molar-refractivity contribution in [2.24, 2.45) is 0 Å². The molecule has 0 radical (unpaired) electrons. The van der Waals surface area contributed by atoms with Crippen molar-refractivity contribution in [2.45, 2.75) is 19.9 Å². The second-order valence-corrected chi connectivity index (χ2v) is 5.87. The lowest BCUT2D eigenvalue weighted by Gasteiger charge is -2.07. The summed E-state index contributed by atoms with van der Waals surface area (Å²) in [6, 6.07) is 10.7. The Bertz CT molecular complexity index is 1070. The Balaban J connectivity index is 1.75. The molecule has 0 saturated heterocycles. The van der Waals surface area contributed by atoms with Crippen LogP contribution < -0.4 is 16.6 Å². The standard InChI is InChI=1S/C19H18FN3O3/c1-2-23-18(25)15-8-5-13(11-16(15)22-19(23)26)17(24)21-10-9-12-3-6-14(20)7-4-12/h3-8,11H,2,9-10H2,1H3,(H,21,24)(H,22,26). The van der Waals surface area contributed by atoms with Crippen LogP contribution in [0.5, 0.6) is 0 Å². The molecule has 6 nitrogen and oxygen atoms in total. The highest BCUT2D eigenvalue weighted by atomic mass is 19.1. The number of nitrogens with one attached hydrogen (secondary N) is 2. The molecule has 0 atom stereocenters. The molecular formula is C19H18FN3O3. The smallest absolute Gasteiger partial charge is 0.328 e. The number of rotatable bonds is 5. The number of nitrogens with zero attached hydrogens (tertiary/aromatic N) is 1. The number of carbonyl (C=O) groups excluding carboxylic acids is 1. The van der Waals surface area contributed by atoms with Gasteiger partial charge in [0.05, 0.1) is 10.9 Å². The number of halogens is 1. The van der Waals surface area contributed by atoms with Gasteiger partial charge in [-0.25, -0.2) is 9.18 Å². The summed E-state index contributed by atoms with van der Waals surface area (Å²) in [5.41, 5.74) is 0.708. The average molecular weight is 355 g/mol. The first-order valence-corrected chi connectivity index (χ1v) is 8.29. The highest BCUT2D eigenvalue weighted by Crippen LogP contribution is 2.09. The molecule has 1 heterocycles. The topological polar surface area (TPSA) is 84.0 Å². The highest BCUT2D eigenvalue weighted by molar-refractivity contribution is 5.97. The molecular weight excluding hydrogens is 337 g/mol. The van der Waals surface area contributed by atoms with Crippen LogP contribution in [0.4, 0.5) is 4.39 Å². The summed E-state index contributed by atoms with van der Waals surface area (Å²) in [6.45, 7) is 2.37. The third-order valence-corrected chi connectivity index (χ3v) is 4.17. The maximum atomic E-state index is 12.9. The summed E-state index contributed by atoms with van der Waals surface area (Å²) in [4.78, 5) is 39.0. The van der Waals surface area contributed by atoms with E-state index >= 15 is 0 Å². The number of benzene rings is 2. The minimum atomic E-state index is -0.501. The maximum absolute atomic E-state index is 12.9. The van der Waals surface area contributed by atoms with Crippen molar-refractivity contribution in [1.82, 2.24) is 14.9 Å². The molecule has 1 amide bonds. The Labute approximate surface area is 148 Å². The van der Waals surface area contributed by atoms with Crippen LogP contribution in [-0.2, 0) is 13.0 Å². The summed E-state index contributed by atoms with van der Waals surface area (Å²) < 4.78 is 14.0. The predicted octanol–water partition coefficient (Wildman–Crippen LogP) is 1.82. The summed E-state index contributed by atoms with van der Waals surface area (Å²) in [5, 5.41) is 3.13. The van der Waals surface area contributed by atoms with Crippen molar-refractivity contribution in [3.05, 3.63) is 80.2 Å². The lowest BCUT2D eigenvalue weighted by atomic mass is 10.1. The Morgan fingerprint density at radius 2 is 1.88 bits per heavy atom. The fraction of sp³-hybridized carbons (Fsp3) is 0.211. The summed E-state index contributed by atoms with van der Waals surface area (Å²) in [6.07, 6.45) is 0.567. The number of fused-ring (bicyclic) bond motifs is 1. The zero-order chi connectivity index (χ0) is 18.7. The molecule has 0 bridgehead atoms. The van der Waals surface area contributed by atoms with E-state index in [2.05, 4.69) is 10.3 Å². The zero-order valence-electron chi connectivity index (χ0n) is 14.2. The molecule has 3 rings (SSSR count). The number of amides is 1. The lowest BCUT2D eigenvalue weighted by molar-refractivity contribution is 0.0954. The Morgan fingerprint density at radius 3 is 2.58 bits per heavy atom. The van der Waals surface area contributed by atoms with E-state index < -0.39 is 5.69 Å². The number of H-pyrrole nitrogens is 1. The number of carbonyl (C=O) groups is 1. The minimum absolute atomic E-state index is 0.274. The molecule has 2 N–H and O–H groups in total. The quantitative estimate of drug-likeness (QED) is 0.732. The van der Waals surface area contributed by atoms with E-state index in [1.807, 2.05) is 0 Å². The van der Waals surface area contributed by atoms with Crippen molar-refractivity contribution < 1.29 is 9.18 Å². The van der Waals surface area contributed by atoms with Gasteiger partial charge in [-0.3, -0.25) is 14.2 Å². The number of aromatic nitrogens is 2. The van der Waals surface area contributed by atoms with Gasteiger partial charge in [0.1, 0.15) is 5.82 Å². The van der Waals surface area contributed by atoms with Crippen LogP contribution in [0.15, 0.2) is 52.1 Å². The third-order valence-electron chi connectivity index (χ3n) is 4.17. The largest absolute Gasteiger partial charge is 0.352 e. The molecule has 0 aliphatic heterocycles. The molecule has 7 heteroatoms. The molecule has 0 aliphatic rings. The van der Waals surface area contributed by atoms with Crippen molar-refractivity contribution in [3.63, 3.8) is 0 Å². The van der Waals surface area contributed by atoms with E-state index in [1.165, 1.54) is 24.3 Å². The van der Waals surface area contributed by atoms with Gasteiger partial charge in [0.2, 0.25) is 0 Å². The molecule has 0 fully saturated rings. The monoisotopic (exact) mass is 355 g/mol. The van der Waals surface area contributed by atoms with Crippen LogP contribution in [0.3, 0.4) is 0 Å². The van der Waals surface area contributed by atoms with Crippen LogP contribution in [0.25, 0.3) is 10.9 Å². The van der Waals surface area contributed by atoms with Gasteiger partial charge in [-0.2, -0.15) is 0 Å². The lowest BCUT2D eigenvalue weighted by Crippen LogP contribution is -2.34. The fourth-order valence-corrected chi connectivity index (χ4v) is 2.76. The molecule has 0 spiro atoms. The normalized spacial score (nSPS) is 10.8. The summed E-state index contributed by atoms with van der Waals surface area (Å²) in [7, 11) is 0. The summed E-state index contributed by atoms with van der Waals surface area (Å²) >= 11 is 0. The maximum Gasteiger partial charge on any atom is 0.328 e. The van der Waals surface area contributed by atoms with Crippen molar-refractivity contribution in [3.8, 4) is 0 Å². The SMILES string of the molecule is CCn1c(=O)[nH]c2cc(C(=O)NCCc3ccc(F)cc3)ccc2c1=O. The predicted molar refractivity (Wildman–Crippen MR) is 96.9 cm³/mol. The van der Waals surface area contributed by atoms with Crippen molar-refractivity contribution in [1.29, 1.82) is 0 Å². The third kappa shape index (κ3) is 3.56. The van der Waals surface area contributed by atoms with Crippen LogP contribution in [0.2, 0.25) is 0 Å². The van der Waals surface area contributed by atoms with Gasteiger partial charge < -0.3 is 10.3 Å². The van der Waals surface area contributed by atoms with Crippen LogP contribution in [0, 0.1) is 5.82 Å². The molecule has 0 aliphatic carbocycles. The van der Waals surface area contributed by atoms with E-state index in [1.54, 1.807) is 25.1 Å². The number of aromatic amines is 1. The van der Waals surface area contributed by atoms with Gasteiger partial charge in [0.25, 0.3) is 11.5 Å². The van der Waals surface area contributed by atoms with Gasteiger partial charge in [-0.05, 0) is 49.2 Å². The first-order valence-electron chi connectivity index (χ1n) is 8.29. The molecule has 134 valence electrons. The van der Waals surface area contributed by atoms with E-state index in [9.17, 15) is 18.8 Å². The van der Waals surface area contributed by atoms with Gasteiger partial charge in [-0.15, -0.1) is 0 Å². The molecule has 3 aromatic rings. The molecule has 0 saturated carbocycles. The van der Waals surface area contributed by atoms with E-state index in [0.717, 1.165) is 10.1 Å². The molecule has 2 aromatic carbocycles. The Morgan fingerprint density at radius 1 is 1.15 bits per heavy atom. The Kier molecular flexibility index (Phi) is 4.97. The van der Waals surface area contributed by atoms with E-state index in [0.29, 0.717) is 29.4 Å². The van der Waals surface area contributed by atoms with Crippen molar-refractivity contribution in [2.75, 3.05) is 6.54 Å². The number of hydrogen-bond acceptors (Lipinski definition) is 3. The molecule has 26 heavy (non-hydrogen) atoms. The van der Waals surface area contributed by atoms with E-state index in [-0.39, 0.29) is 23.8 Å². The minimum Gasteiger partial charge on any atom is -0.352 e. The number of hydrogen-bond donors (Lipinski definition) is 2. The first-order chi connectivity index (χ1) is 12.5. The fourth-order valence-electron chi connectivity index (χ4n) is 2.76. The first kappa shape index (κ1) is 17.6. The van der Waals surface area contributed by atoms with Crippen LogP contribution in [-0.4, -0.2) is 22.0 Å². The van der Waals surface area contributed by atoms with Crippen LogP contribution >= 0.6 is 0 Å². The van der Waals surface area contributed by atoms with Gasteiger partial charge in [-0.1, -0.05) is 12.1 Å². The zero-order valence-corrected chi connectivity index (χ0v) is 14.2. The van der Waals surface area contributed by atoms with Gasteiger partial charge in [0.15, 0.2) is 0 Å². The van der Waals surface area contributed by atoms with Crippen LogP contribution in [0.1, 0.15) is 22.8 Å². The molecule has 0 unspecified atom stereocenters. The highest BCUT2D eigenvalue weighted by Gasteiger charge is 2.10. The summed E-state index contributed by atoms with van der Waals surface area (Å²) in [5.74, 6) is -0.611. The average Bonchev–Trinajstić information content (AvgIpc) is 2.63.